The smallest absolute Gasteiger partial charge is 0.239 e. The number of primary amides is 1. The van der Waals surface area contributed by atoms with Crippen LogP contribution in [0, 0.1) is 5.92 Å². The molecule has 1 atom stereocenters. The van der Waals surface area contributed by atoms with Gasteiger partial charge in [-0.05, 0) is 32.1 Å². The van der Waals surface area contributed by atoms with Crippen LogP contribution in [0.4, 0.5) is 0 Å². The second-order valence-corrected chi connectivity index (χ2v) is 5.75. The van der Waals surface area contributed by atoms with Crippen LogP contribution in [0.5, 0.6) is 0 Å². The molecular formula is C13H24N2O2. The van der Waals surface area contributed by atoms with Crippen molar-refractivity contribution >= 4 is 5.91 Å². The lowest BCUT2D eigenvalue weighted by Gasteiger charge is -2.29. The maximum Gasteiger partial charge on any atom is 0.239 e. The van der Waals surface area contributed by atoms with Crippen molar-refractivity contribution in [2.24, 2.45) is 11.7 Å². The van der Waals surface area contributed by atoms with E-state index in [1.54, 1.807) is 0 Å². The fourth-order valence-corrected chi connectivity index (χ4v) is 2.17. The van der Waals surface area contributed by atoms with E-state index in [0.29, 0.717) is 12.6 Å². The first-order chi connectivity index (χ1) is 8.10. The molecule has 0 bridgehead atoms. The van der Waals surface area contributed by atoms with Crippen molar-refractivity contribution in [2.45, 2.75) is 57.0 Å². The molecule has 2 fully saturated rings. The molecule has 4 nitrogen and oxygen atoms in total. The summed E-state index contributed by atoms with van der Waals surface area (Å²) >= 11 is 0. The Labute approximate surface area is 103 Å². The molecule has 2 saturated carbocycles. The van der Waals surface area contributed by atoms with E-state index >= 15 is 0 Å². The zero-order valence-corrected chi connectivity index (χ0v) is 10.7. The SMILES string of the molecule is CC(COCCC1CCC1)(NC1CC1)C(N)=O. The quantitative estimate of drug-likeness (QED) is 0.626. The predicted molar refractivity (Wildman–Crippen MR) is 66.5 cm³/mol. The monoisotopic (exact) mass is 240 g/mol. The topological polar surface area (TPSA) is 64.3 Å². The Morgan fingerprint density at radius 1 is 1.41 bits per heavy atom. The molecule has 0 aliphatic heterocycles. The van der Waals surface area contributed by atoms with Gasteiger partial charge in [0, 0.05) is 12.6 Å². The summed E-state index contributed by atoms with van der Waals surface area (Å²) in [4.78, 5) is 11.5. The van der Waals surface area contributed by atoms with Crippen LogP contribution in [0.2, 0.25) is 0 Å². The molecular weight excluding hydrogens is 216 g/mol. The van der Waals surface area contributed by atoms with E-state index in [4.69, 9.17) is 10.5 Å². The maximum atomic E-state index is 11.5. The van der Waals surface area contributed by atoms with Gasteiger partial charge < -0.3 is 10.5 Å². The average molecular weight is 240 g/mol. The van der Waals surface area contributed by atoms with E-state index in [0.717, 1.165) is 31.8 Å². The van der Waals surface area contributed by atoms with Crippen molar-refractivity contribution in [3.8, 4) is 0 Å². The van der Waals surface area contributed by atoms with Gasteiger partial charge in [0.2, 0.25) is 5.91 Å². The number of nitrogens with one attached hydrogen (secondary N) is 1. The number of carbonyl (C=O) groups excluding carboxylic acids is 1. The molecule has 3 N–H and O–H groups in total. The molecule has 1 amide bonds. The Morgan fingerprint density at radius 3 is 2.59 bits per heavy atom. The molecule has 0 aromatic heterocycles. The van der Waals surface area contributed by atoms with Crippen LogP contribution >= 0.6 is 0 Å². The van der Waals surface area contributed by atoms with Crippen LogP contribution < -0.4 is 11.1 Å². The van der Waals surface area contributed by atoms with Crippen LogP contribution in [0.25, 0.3) is 0 Å². The van der Waals surface area contributed by atoms with Gasteiger partial charge in [-0.15, -0.1) is 0 Å². The first-order valence-corrected chi connectivity index (χ1v) is 6.75. The van der Waals surface area contributed by atoms with Crippen molar-refractivity contribution in [1.29, 1.82) is 0 Å². The van der Waals surface area contributed by atoms with Crippen LogP contribution in [-0.4, -0.2) is 30.7 Å². The molecule has 2 aliphatic carbocycles. The Hall–Kier alpha value is -0.610. The summed E-state index contributed by atoms with van der Waals surface area (Å²) in [5.74, 6) is 0.541. The van der Waals surface area contributed by atoms with E-state index in [1.165, 1.54) is 19.3 Å². The summed E-state index contributed by atoms with van der Waals surface area (Å²) in [6, 6.07) is 0.461. The maximum absolute atomic E-state index is 11.5. The number of rotatable bonds is 8. The van der Waals surface area contributed by atoms with Gasteiger partial charge in [0.25, 0.3) is 0 Å². The fourth-order valence-electron chi connectivity index (χ4n) is 2.17. The minimum absolute atomic E-state index is 0.312. The van der Waals surface area contributed by atoms with Gasteiger partial charge in [0.1, 0.15) is 5.54 Å². The lowest BCUT2D eigenvalue weighted by Crippen LogP contribution is -2.57. The zero-order chi connectivity index (χ0) is 12.3. The highest BCUT2D eigenvalue weighted by molar-refractivity contribution is 5.84. The van der Waals surface area contributed by atoms with Gasteiger partial charge in [-0.3, -0.25) is 10.1 Å². The summed E-state index contributed by atoms with van der Waals surface area (Å²) in [6.07, 6.45) is 7.47. The van der Waals surface area contributed by atoms with Gasteiger partial charge in [0.05, 0.1) is 6.61 Å². The first-order valence-electron chi connectivity index (χ1n) is 6.75. The highest BCUT2D eigenvalue weighted by Gasteiger charge is 2.37. The molecule has 0 spiro atoms. The molecule has 0 aromatic carbocycles. The Kier molecular flexibility index (Phi) is 4.05. The summed E-state index contributed by atoms with van der Waals surface area (Å²) < 4.78 is 5.63. The summed E-state index contributed by atoms with van der Waals surface area (Å²) in [6.45, 7) is 2.99. The van der Waals surface area contributed by atoms with Gasteiger partial charge in [-0.2, -0.15) is 0 Å². The highest BCUT2D eigenvalue weighted by atomic mass is 16.5. The standard InChI is InChI=1S/C13H24N2O2/c1-13(12(14)16,15-11-5-6-11)9-17-8-7-10-3-2-4-10/h10-11,15H,2-9H2,1H3,(H2,14,16). The number of carbonyl (C=O) groups is 1. The van der Waals surface area contributed by atoms with E-state index in [1.807, 2.05) is 6.92 Å². The van der Waals surface area contributed by atoms with Crippen LogP contribution in [-0.2, 0) is 9.53 Å². The highest BCUT2D eigenvalue weighted by Crippen LogP contribution is 2.29. The number of ether oxygens (including phenoxy) is 1. The molecule has 0 heterocycles. The molecule has 0 saturated heterocycles. The molecule has 0 aromatic rings. The van der Waals surface area contributed by atoms with Gasteiger partial charge in [0.15, 0.2) is 0 Å². The second kappa shape index (κ2) is 5.36. The third-order valence-electron chi connectivity index (χ3n) is 3.93. The molecule has 98 valence electrons. The minimum Gasteiger partial charge on any atom is -0.379 e. The lowest BCUT2D eigenvalue weighted by atomic mass is 9.83. The molecule has 2 rings (SSSR count). The average Bonchev–Trinajstić information content (AvgIpc) is 2.98. The van der Waals surface area contributed by atoms with Crippen molar-refractivity contribution in [3.05, 3.63) is 0 Å². The lowest BCUT2D eigenvalue weighted by molar-refractivity contribution is -0.126. The van der Waals surface area contributed by atoms with Crippen LogP contribution in [0.15, 0.2) is 0 Å². The summed E-state index contributed by atoms with van der Waals surface area (Å²) in [7, 11) is 0. The number of amides is 1. The number of hydrogen-bond acceptors (Lipinski definition) is 3. The van der Waals surface area contributed by atoms with Crippen LogP contribution in [0.3, 0.4) is 0 Å². The van der Waals surface area contributed by atoms with Crippen molar-refractivity contribution < 1.29 is 9.53 Å². The van der Waals surface area contributed by atoms with Crippen LogP contribution in [0.1, 0.15) is 45.4 Å². The molecule has 0 radical (unpaired) electrons. The minimum atomic E-state index is -0.694. The Bertz CT molecular complexity index is 275. The molecule has 17 heavy (non-hydrogen) atoms. The second-order valence-electron chi connectivity index (χ2n) is 5.75. The van der Waals surface area contributed by atoms with Crippen molar-refractivity contribution in [1.82, 2.24) is 5.32 Å². The molecule has 4 heteroatoms. The van der Waals surface area contributed by atoms with E-state index < -0.39 is 5.54 Å². The first kappa shape index (κ1) is 12.8. The summed E-state index contributed by atoms with van der Waals surface area (Å²) in [5.41, 5.74) is 4.75. The van der Waals surface area contributed by atoms with Crippen molar-refractivity contribution in [3.63, 3.8) is 0 Å². The van der Waals surface area contributed by atoms with Gasteiger partial charge >= 0.3 is 0 Å². The molecule has 2 aliphatic rings. The number of nitrogens with two attached hydrogens (primary N) is 1. The normalized spacial score (nSPS) is 24.1. The Balaban J connectivity index is 1.66. The predicted octanol–water partition coefficient (Wildman–Crippen LogP) is 1.19. The zero-order valence-electron chi connectivity index (χ0n) is 10.7. The largest absolute Gasteiger partial charge is 0.379 e. The van der Waals surface area contributed by atoms with E-state index in [-0.39, 0.29) is 5.91 Å². The summed E-state index contributed by atoms with van der Waals surface area (Å²) in [5, 5.41) is 3.28. The molecule has 1 unspecified atom stereocenters. The Morgan fingerprint density at radius 2 is 2.12 bits per heavy atom. The number of hydrogen-bond donors (Lipinski definition) is 2. The van der Waals surface area contributed by atoms with Gasteiger partial charge in [-0.1, -0.05) is 19.3 Å². The third kappa shape index (κ3) is 3.68. The van der Waals surface area contributed by atoms with Crippen molar-refractivity contribution in [2.75, 3.05) is 13.2 Å². The van der Waals surface area contributed by atoms with Gasteiger partial charge in [-0.25, -0.2) is 0 Å². The van der Waals surface area contributed by atoms with E-state index in [2.05, 4.69) is 5.32 Å². The van der Waals surface area contributed by atoms with E-state index in [9.17, 15) is 4.79 Å². The fraction of sp³-hybridized carbons (Fsp3) is 0.923. The third-order valence-corrected chi connectivity index (χ3v) is 3.93.